The molecule has 0 aliphatic carbocycles. The lowest BCUT2D eigenvalue weighted by atomic mass is 10.2. The zero-order valence-electron chi connectivity index (χ0n) is 11.6. The highest BCUT2D eigenvalue weighted by Gasteiger charge is 2.01. The number of benzene rings is 1. The van der Waals surface area contributed by atoms with Crippen molar-refractivity contribution in [3.63, 3.8) is 0 Å². The molecule has 0 aliphatic rings. The molecule has 0 heterocycles. The van der Waals surface area contributed by atoms with E-state index >= 15 is 0 Å². The summed E-state index contributed by atoms with van der Waals surface area (Å²) in [5.41, 5.74) is 2.37. The van der Waals surface area contributed by atoms with Crippen LogP contribution in [0.25, 0.3) is 0 Å². The molecule has 4 heteroatoms. The van der Waals surface area contributed by atoms with Gasteiger partial charge in [-0.25, -0.2) is 0 Å². The van der Waals surface area contributed by atoms with Gasteiger partial charge in [0.05, 0.1) is 24.6 Å². The summed E-state index contributed by atoms with van der Waals surface area (Å²) >= 11 is 0. The van der Waals surface area contributed by atoms with Crippen LogP contribution in [0.2, 0.25) is 0 Å². The lowest BCUT2D eigenvalue weighted by Crippen LogP contribution is -2.13. The number of hydrogen-bond acceptors (Lipinski definition) is 4. The van der Waals surface area contributed by atoms with Crippen molar-refractivity contribution in [2.24, 2.45) is 0 Å². The van der Waals surface area contributed by atoms with Gasteiger partial charge in [0.15, 0.2) is 0 Å². The summed E-state index contributed by atoms with van der Waals surface area (Å²) in [5, 5.41) is 3.43. The maximum absolute atomic E-state index is 5.41. The Labute approximate surface area is 110 Å². The highest BCUT2D eigenvalue weighted by atomic mass is 16.5. The fourth-order valence-electron chi connectivity index (χ4n) is 1.65. The molecule has 1 N–H and O–H groups in total. The standard InChI is InChI=1S/C14H24N2O2/c1-16(2)14-8-5-4-7-13(14)15-9-6-10-18-12-11-17-3/h4-5,7-8,15H,6,9-12H2,1-3H3. The lowest BCUT2D eigenvalue weighted by molar-refractivity contribution is 0.0705. The first kappa shape index (κ1) is 14.8. The third kappa shape index (κ3) is 5.38. The quantitative estimate of drug-likeness (QED) is 0.683. The zero-order chi connectivity index (χ0) is 13.2. The van der Waals surface area contributed by atoms with Gasteiger partial charge in [-0.05, 0) is 18.6 Å². The van der Waals surface area contributed by atoms with Gasteiger partial charge in [0.1, 0.15) is 0 Å². The van der Waals surface area contributed by atoms with E-state index in [4.69, 9.17) is 9.47 Å². The Morgan fingerprint density at radius 1 is 1.11 bits per heavy atom. The van der Waals surface area contributed by atoms with Crippen molar-refractivity contribution in [3.8, 4) is 0 Å². The second kappa shape index (κ2) is 8.78. The molecule has 0 saturated heterocycles. The van der Waals surface area contributed by atoms with Gasteiger partial charge in [0.2, 0.25) is 0 Å². The number of anilines is 2. The van der Waals surface area contributed by atoms with Crippen LogP contribution in [-0.4, -0.2) is 47.6 Å². The predicted octanol–water partition coefficient (Wildman–Crippen LogP) is 2.22. The maximum atomic E-state index is 5.41. The largest absolute Gasteiger partial charge is 0.383 e. The van der Waals surface area contributed by atoms with E-state index in [9.17, 15) is 0 Å². The SMILES string of the molecule is COCCOCCCNc1ccccc1N(C)C. The molecule has 4 nitrogen and oxygen atoms in total. The molecule has 0 unspecified atom stereocenters. The van der Waals surface area contributed by atoms with Gasteiger partial charge < -0.3 is 19.7 Å². The molecule has 18 heavy (non-hydrogen) atoms. The Kier molecular flexibility index (Phi) is 7.22. The van der Waals surface area contributed by atoms with E-state index in [1.54, 1.807) is 7.11 Å². The minimum absolute atomic E-state index is 0.664. The third-order valence-electron chi connectivity index (χ3n) is 2.60. The van der Waals surface area contributed by atoms with Gasteiger partial charge in [-0.1, -0.05) is 12.1 Å². The van der Waals surface area contributed by atoms with Crippen molar-refractivity contribution in [2.75, 3.05) is 57.8 Å². The second-order valence-electron chi connectivity index (χ2n) is 4.30. The van der Waals surface area contributed by atoms with Crippen molar-refractivity contribution in [1.82, 2.24) is 0 Å². The van der Waals surface area contributed by atoms with E-state index in [1.807, 2.05) is 26.2 Å². The molecule has 1 aromatic carbocycles. The fraction of sp³-hybridized carbons (Fsp3) is 0.571. The average Bonchev–Trinajstić information content (AvgIpc) is 2.38. The summed E-state index contributed by atoms with van der Waals surface area (Å²) in [6.07, 6.45) is 0.992. The highest BCUT2D eigenvalue weighted by molar-refractivity contribution is 5.69. The van der Waals surface area contributed by atoms with E-state index in [0.717, 1.165) is 19.6 Å². The number of methoxy groups -OCH3 is 1. The van der Waals surface area contributed by atoms with Crippen molar-refractivity contribution in [3.05, 3.63) is 24.3 Å². The number of hydrogen-bond donors (Lipinski definition) is 1. The van der Waals surface area contributed by atoms with Crippen LogP contribution >= 0.6 is 0 Å². The molecule has 0 spiro atoms. The van der Waals surface area contributed by atoms with Crippen LogP contribution in [0.5, 0.6) is 0 Å². The molecule has 0 aliphatic heterocycles. The van der Waals surface area contributed by atoms with Gasteiger partial charge in [0, 0.05) is 34.4 Å². The van der Waals surface area contributed by atoms with Crippen molar-refractivity contribution < 1.29 is 9.47 Å². The molecule has 0 radical (unpaired) electrons. The first-order chi connectivity index (χ1) is 8.75. The van der Waals surface area contributed by atoms with Crippen LogP contribution in [0.15, 0.2) is 24.3 Å². The van der Waals surface area contributed by atoms with E-state index in [2.05, 4.69) is 22.3 Å². The molecule has 1 rings (SSSR count). The van der Waals surface area contributed by atoms with Gasteiger partial charge in [-0.2, -0.15) is 0 Å². The molecule has 0 atom stereocenters. The topological polar surface area (TPSA) is 33.7 Å². The Balaban J connectivity index is 2.23. The fourth-order valence-corrected chi connectivity index (χ4v) is 1.65. The van der Waals surface area contributed by atoms with Gasteiger partial charge in [0.25, 0.3) is 0 Å². The third-order valence-corrected chi connectivity index (χ3v) is 2.60. The van der Waals surface area contributed by atoms with Gasteiger partial charge in [-0.3, -0.25) is 0 Å². The monoisotopic (exact) mass is 252 g/mol. The Bertz CT molecular complexity index is 329. The molecule has 0 bridgehead atoms. The van der Waals surface area contributed by atoms with E-state index in [-0.39, 0.29) is 0 Å². The summed E-state index contributed by atoms with van der Waals surface area (Å²) in [6, 6.07) is 8.30. The van der Waals surface area contributed by atoms with Crippen LogP contribution in [-0.2, 0) is 9.47 Å². The molecule has 102 valence electrons. The van der Waals surface area contributed by atoms with Crippen LogP contribution in [0, 0.1) is 0 Å². The van der Waals surface area contributed by atoms with Gasteiger partial charge >= 0.3 is 0 Å². The van der Waals surface area contributed by atoms with Crippen LogP contribution in [0.3, 0.4) is 0 Å². The summed E-state index contributed by atoms with van der Waals surface area (Å²) < 4.78 is 10.3. The molecule has 0 saturated carbocycles. The maximum Gasteiger partial charge on any atom is 0.0700 e. The van der Waals surface area contributed by atoms with Crippen molar-refractivity contribution >= 4 is 11.4 Å². The predicted molar refractivity (Wildman–Crippen MR) is 76.6 cm³/mol. The minimum atomic E-state index is 0.664. The Morgan fingerprint density at radius 2 is 1.89 bits per heavy atom. The summed E-state index contributed by atoms with van der Waals surface area (Å²) in [6.45, 7) is 3.01. The lowest BCUT2D eigenvalue weighted by Gasteiger charge is -2.18. The molecule has 0 aromatic heterocycles. The number of nitrogens with one attached hydrogen (secondary N) is 1. The molecule has 1 aromatic rings. The number of para-hydroxylation sites is 2. The van der Waals surface area contributed by atoms with Crippen LogP contribution < -0.4 is 10.2 Å². The normalized spacial score (nSPS) is 10.4. The number of ether oxygens (including phenoxy) is 2. The molecule has 0 amide bonds. The zero-order valence-corrected chi connectivity index (χ0v) is 11.6. The number of rotatable bonds is 9. The molecular formula is C14H24N2O2. The van der Waals surface area contributed by atoms with E-state index in [1.165, 1.54) is 11.4 Å². The number of nitrogens with zero attached hydrogens (tertiary/aromatic N) is 1. The van der Waals surface area contributed by atoms with Crippen LogP contribution in [0.4, 0.5) is 11.4 Å². The van der Waals surface area contributed by atoms with Gasteiger partial charge in [-0.15, -0.1) is 0 Å². The molecule has 0 fully saturated rings. The Hall–Kier alpha value is -1.26. The summed E-state index contributed by atoms with van der Waals surface area (Å²) in [7, 11) is 5.78. The van der Waals surface area contributed by atoms with E-state index < -0.39 is 0 Å². The van der Waals surface area contributed by atoms with E-state index in [0.29, 0.717) is 13.2 Å². The smallest absolute Gasteiger partial charge is 0.0700 e. The molecular weight excluding hydrogens is 228 g/mol. The van der Waals surface area contributed by atoms with Crippen molar-refractivity contribution in [2.45, 2.75) is 6.42 Å². The summed E-state index contributed by atoms with van der Waals surface area (Å²) in [4.78, 5) is 2.11. The average molecular weight is 252 g/mol. The first-order valence-corrected chi connectivity index (χ1v) is 6.32. The first-order valence-electron chi connectivity index (χ1n) is 6.32. The minimum Gasteiger partial charge on any atom is -0.383 e. The highest BCUT2D eigenvalue weighted by Crippen LogP contribution is 2.23. The summed E-state index contributed by atoms with van der Waals surface area (Å²) in [5.74, 6) is 0. The van der Waals surface area contributed by atoms with Crippen molar-refractivity contribution in [1.29, 1.82) is 0 Å². The van der Waals surface area contributed by atoms with Crippen LogP contribution in [0.1, 0.15) is 6.42 Å². The Morgan fingerprint density at radius 3 is 2.61 bits per heavy atom. The second-order valence-corrected chi connectivity index (χ2v) is 4.30.